The van der Waals surface area contributed by atoms with Crippen molar-refractivity contribution in [3.8, 4) is 0 Å². The number of hydrogen-bond acceptors (Lipinski definition) is 1. The van der Waals surface area contributed by atoms with Crippen LogP contribution in [0.4, 0.5) is 0 Å². The molecule has 0 spiro atoms. The highest BCUT2D eigenvalue weighted by atomic mass is 14.5. The number of hydrogen-bond donors (Lipinski definition) is 1. The Morgan fingerprint density at radius 1 is 1.15 bits per heavy atom. The average Bonchev–Trinajstić information content (AvgIpc) is 2.14. The first-order valence-corrected chi connectivity index (χ1v) is 5.94. The minimum atomic E-state index is 0.761. The second-order valence-electron chi connectivity index (χ2n) is 4.35. The van der Waals surface area contributed by atoms with E-state index < -0.39 is 0 Å². The molecule has 0 aliphatic carbocycles. The van der Waals surface area contributed by atoms with Crippen LogP contribution in [-0.2, 0) is 0 Å². The number of nitrogens with two attached hydrogens (primary N) is 1. The van der Waals surface area contributed by atoms with Crippen LogP contribution in [0.5, 0.6) is 0 Å². The van der Waals surface area contributed by atoms with Gasteiger partial charge in [0.15, 0.2) is 0 Å². The van der Waals surface area contributed by atoms with Crippen LogP contribution in [-0.4, -0.2) is 6.54 Å². The van der Waals surface area contributed by atoms with Crippen molar-refractivity contribution in [2.45, 2.75) is 59.3 Å². The highest BCUT2D eigenvalue weighted by Gasteiger charge is 2.09. The Hall–Kier alpha value is -0.0400. The van der Waals surface area contributed by atoms with E-state index in [9.17, 15) is 0 Å². The van der Waals surface area contributed by atoms with Crippen molar-refractivity contribution in [2.24, 2.45) is 17.6 Å². The van der Waals surface area contributed by atoms with Crippen LogP contribution < -0.4 is 5.73 Å². The summed E-state index contributed by atoms with van der Waals surface area (Å²) in [6.45, 7) is 7.75. The highest BCUT2D eigenvalue weighted by molar-refractivity contribution is 4.63. The zero-order valence-corrected chi connectivity index (χ0v) is 9.68. The van der Waals surface area contributed by atoms with Crippen molar-refractivity contribution in [3.05, 3.63) is 0 Å². The van der Waals surface area contributed by atoms with Gasteiger partial charge in [-0.05, 0) is 24.8 Å². The average molecular weight is 185 g/mol. The predicted octanol–water partition coefficient (Wildman–Crippen LogP) is 3.58. The molecule has 0 rings (SSSR count). The molecule has 0 aromatic carbocycles. The Morgan fingerprint density at radius 2 is 1.85 bits per heavy atom. The fourth-order valence-corrected chi connectivity index (χ4v) is 1.86. The fourth-order valence-electron chi connectivity index (χ4n) is 1.86. The third kappa shape index (κ3) is 7.06. The molecule has 80 valence electrons. The van der Waals surface area contributed by atoms with Gasteiger partial charge in [0.2, 0.25) is 0 Å². The maximum absolute atomic E-state index is 5.69. The third-order valence-electron chi connectivity index (χ3n) is 2.95. The summed E-state index contributed by atoms with van der Waals surface area (Å²) >= 11 is 0. The smallest absolute Gasteiger partial charge is 0.00489 e. The lowest BCUT2D eigenvalue weighted by molar-refractivity contribution is 0.362. The van der Waals surface area contributed by atoms with Crippen LogP contribution in [0.25, 0.3) is 0 Å². The summed E-state index contributed by atoms with van der Waals surface area (Å²) < 4.78 is 0. The van der Waals surface area contributed by atoms with E-state index in [0.717, 1.165) is 18.4 Å². The first-order chi connectivity index (χ1) is 6.24. The van der Waals surface area contributed by atoms with Gasteiger partial charge in [-0.3, -0.25) is 0 Å². The van der Waals surface area contributed by atoms with Gasteiger partial charge >= 0.3 is 0 Å². The Morgan fingerprint density at radius 3 is 2.31 bits per heavy atom. The predicted molar refractivity (Wildman–Crippen MR) is 60.8 cm³/mol. The minimum absolute atomic E-state index is 0.761. The van der Waals surface area contributed by atoms with E-state index >= 15 is 0 Å². The monoisotopic (exact) mass is 185 g/mol. The molecule has 1 nitrogen and oxygen atoms in total. The van der Waals surface area contributed by atoms with Crippen LogP contribution in [0.3, 0.4) is 0 Å². The highest BCUT2D eigenvalue weighted by Crippen LogP contribution is 2.19. The lowest BCUT2D eigenvalue weighted by Crippen LogP contribution is -2.16. The van der Waals surface area contributed by atoms with Crippen molar-refractivity contribution in [3.63, 3.8) is 0 Å². The van der Waals surface area contributed by atoms with E-state index in [2.05, 4.69) is 20.8 Å². The van der Waals surface area contributed by atoms with Crippen LogP contribution in [0, 0.1) is 11.8 Å². The van der Waals surface area contributed by atoms with Crippen molar-refractivity contribution in [1.29, 1.82) is 0 Å². The molecule has 1 heteroatoms. The van der Waals surface area contributed by atoms with Gasteiger partial charge in [-0.25, -0.2) is 0 Å². The first-order valence-electron chi connectivity index (χ1n) is 5.94. The normalized spacial score (nSPS) is 15.7. The summed E-state index contributed by atoms with van der Waals surface area (Å²) in [7, 11) is 0. The van der Waals surface area contributed by atoms with Gasteiger partial charge < -0.3 is 5.73 Å². The van der Waals surface area contributed by atoms with Crippen LogP contribution in [0.2, 0.25) is 0 Å². The van der Waals surface area contributed by atoms with E-state index in [1.54, 1.807) is 0 Å². The second kappa shape index (κ2) is 8.55. The molecule has 0 fully saturated rings. The summed E-state index contributed by atoms with van der Waals surface area (Å²) in [5.41, 5.74) is 5.69. The van der Waals surface area contributed by atoms with Crippen LogP contribution >= 0.6 is 0 Å². The molecule has 2 atom stereocenters. The van der Waals surface area contributed by atoms with E-state index in [4.69, 9.17) is 5.73 Å². The molecule has 2 N–H and O–H groups in total. The van der Waals surface area contributed by atoms with Gasteiger partial charge in [0.25, 0.3) is 0 Å². The van der Waals surface area contributed by atoms with E-state index in [1.165, 1.54) is 38.5 Å². The quantitative estimate of drug-likeness (QED) is 0.575. The van der Waals surface area contributed by atoms with Gasteiger partial charge in [-0.15, -0.1) is 0 Å². The van der Waals surface area contributed by atoms with E-state index in [-0.39, 0.29) is 0 Å². The zero-order valence-electron chi connectivity index (χ0n) is 9.68. The molecule has 0 radical (unpaired) electrons. The Labute approximate surface area is 84.1 Å². The summed E-state index contributed by atoms with van der Waals surface area (Å²) in [6, 6.07) is 0. The molecular formula is C12H27N. The van der Waals surface area contributed by atoms with Gasteiger partial charge in [0, 0.05) is 0 Å². The number of rotatable bonds is 8. The Kier molecular flexibility index (Phi) is 8.53. The summed E-state index contributed by atoms with van der Waals surface area (Å²) in [5.74, 6) is 1.64. The maximum Gasteiger partial charge on any atom is -0.00489 e. The fraction of sp³-hybridized carbons (Fsp3) is 1.00. The first kappa shape index (κ1) is 13.0. The molecule has 0 saturated heterocycles. The molecule has 0 aliphatic rings. The molecule has 0 heterocycles. The third-order valence-corrected chi connectivity index (χ3v) is 2.95. The molecule has 0 aliphatic heterocycles. The maximum atomic E-state index is 5.69. The van der Waals surface area contributed by atoms with Crippen LogP contribution in [0.15, 0.2) is 0 Å². The topological polar surface area (TPSA) is 26.0 Å². The zero-order chi connectivity index (χ0) is 10.1. The Balaban J connectivity index is 3.42. The van der Waals surface area contributed by atoms with Crippen LogP contribution in [0.1, 0.15) is 59.3 Å². The lowest BCUT2D eigenvalue weighted by Gasteiger charge is -2.17. The summed E-state index contributed by atoms with van der Waals surface area (Å²) in [6.07, 6.45) is 8.10. The molecule has 0 aromatic rings. The molecule has 0 amide bonds. The summed E-state index contributed by atoms with van der Waals surface area (Å²) in [4.78, 5) is 0. The molecular weight excluding hydrogens is 158 g/mol. The van der Waals surface area contributed by atoms with Crippen molar-refractivity contribution in [2.75, 3.05) is 6.54 Å². The van der Waals surface area contributed by atoms with Gasteiger partial charge in [-0.1, -0.05) is 52.9 Å². The van der Waals surface area contributed by atoms with Crippen molar-refractivity contribution >= 4 is 0 Å². The SMILES string of the molecule is CCCCC[C@H](C)C[C@@H](CC)CN. The standard InChI is InChI=1S/C12H27N/c1-4-6-7-8-11(3)9-12(5-2)10-13/h11-12H,4-10,13H2,1-3H3/t11-,12+/m0/s1. The molecule has 0 saturated carbocycles. The Bertz CT molecular complexity index is 97.3. The minimum Gasteiger partial charge on any atom is -0.330 e. The van der Waals surface area contributed by atoms with E-state index in [0.29, 0.717) is 0 Å². The largest absolute Gasteiger partial charge is 0.330 e. The summed E-state index contributed by atoms with van der Waals surface area (Å²) in [5, 5.41) is 0. The second-order valence-corrected chi connectivity index (χ2v) is 4.35. The molecule has 0 unspecified atom stereocenters. The lowest BCUT2D eigenvalue weighted by atomic mass is 9.90. The van der Waals surface area contributed by atoms with Gasteiger partial charge in [0.1, 0.15) is 0 Å². The van der Waals surface area contributed by atoms with Gasteiger partial charge in [-0.2, -0.15) is 0 Å². The van der Waals surface area contributed by atoms with E-state index in [1.807, 2.05) is 0 Å². The van der Waals surface area contributed by atoms with Gasteiger partial charge in [0.05, 0.1) is 0 Å². The van der Waals surface area contributed by atoms with Crippen molar-refractivity contribution < 1.29 is 0 Å². The molecule has 0 aromatic heterocycles. The number of unbranched alkanes of at least 4 members (excludes halogenated alkanes) is 2. The molecule has 0 bridgehead atoms. The van der Waals surface area contributed by atoms with Crippen molar-refractivity contribution in [1.82, 2.24) is 0 Å². The molecule has 13 heavy (non-hydrogen) atoms.